The molecule has 0 saturated carbocycles. The standard InChI is InChI=1S/C23H31N3O2/c1-16(9-7-10-17(2)15-21-18(3)24-26-25-21)12-13-20-19(22(27)28-6)11-8-14-23(20,4)5/h7,9-10,12-13,15H,8,11,14H2,1-6H3,(H,24,25,26)/b10-7+,13-12+,16-9+,17-15+. The van der Waals surface area contributed by atoms with Crippen molar-refractivity contribution in [2.75, 3.05) is 7.11 Å². The van der Waals surface area contributed by atoms with Crippen LogP contribution < -0.4 is 0 Å². The summed E-state index contributed by atoms with van der Waals surface area (Å²) in [4.78, 5) is 12.2. The highest BCUT2D eigenvalue weighted by Gasteiger charge is 2.31. The zero-order chi connectivity index (χ0) is 20.7. The molecule has 1 aromatic rings. The fraction of sp³-hybridized carbons (Fsp3) is 0.435. The summed E-state index contributed by atoms with van der Waals surface area (Å²) < 4.78 is 4.99. The number of allylic oxidation sites excluding steroid dienone is 8. The van der Waals surface area contributed by atoms with E-state index in [2.05, 4.69) is 54.4 Å². The minimum Gasteiger partial charge on any atom is -0.466 e. The Morgan fingerprint density at radius 2 is 1.96 bits per heavy atom. The van der Waals surface area contributed by atoms with Gasteiger partial charge in [0.25, 0.3) is 0 Å². The highest BCUT2D eigenvalue weighted by molar-refractivity contribution is 5.90. The van der Waals surface area contributed by atoms with Gasteiger partial charge in [-0.3, -0.25) is 5.10 Å². The summed E-state index contributed by atoms with van der Waals surface area (Å²) in [5.74, 6) is -0.210. The topological polar surface area (TPSA) is 67.9 Å². The van der Waals surface area contributed by atoms with Crippen LogP contribution in [0.4, 0.5) is 0 Å². The van der Waals surface area contributed by atoms with Gasteiger partial charge in [0.15, 0.2) is 0 Å². The molecule has 0 aromatic carbocycles. The Balaban J connectivity index is 2.15. The second-order valence-electron chi connectivity index (χ2n) is 7.92. The normalized spacial score (nSPS) is 18.4. The summed E-state index contributed by atoms with van der Waals surface area (Å²) in [7, 11) is 1.45. The van der Waals surface area contributed by atoms with Crippen molar-refractivity contribution in [3.05, 3.63) is 64.1 Å². The van der Waals surface area contributed by atoms with Gasteiger partial charge in [-0.15, -0.1) is 5.10 Å². The molecule has 0 spiro atoms. The number of hydrogen-bond acceptors (Lipinski definition) is 4. The summed E-state index contributed by atoms with van der Waals surface area (Å²) in [5.41, 5.74) is 5.88. The number of nitrogens with one attached hydrogen (secondary N) is 1. The number of nitrogens with zero attached hydrogens (tertiary/aromatic N) is 2. The highest BCUT2D eigenvalue weighted by Crippen LogP contribution is 2.41. The molecule has 28 heavy (non-hydrogen) atoms. The molecule has 0 amide bonds. The van der Waals surface area contributed by atoms with Gasteiger partial charge in [0.2, 0.25) is 0 Å². The summed E-state index contributed by atoms with van der Waals surface area (Å²) in [6.45, 7) is 10.4. The Morgan fingerprint density at radius 1 is 1.21 bits per heavy atom. The molecular formula is C23H31N3O2. The van der Waals surface area contributed by atoms with Crippen LogP contribution in [-0.4, -0.2) is 28.5 Å². The van der Waals surface area contributed by atoms with Crippen molar-refractivity contribution in [2.24, 2.45) is 5.41 Å². The van der Waals surface area contributed by atoms with E-state index in [0.29, 0.717) is 0 Å². The van der Waals surface area contributed by atoms with Crippen molar-refractivity contribution in [1.29, 1.82) is 0 Å². The second kappa shape index (κ2) is 9.49. The second-order valence-corrected chi connectivity index (χ2v) is 7.92. The molecule has 0 unspecified atom stereocenters. The molecule has 0 fully saturated rings. The van der Waals surface area contributed by atoms with Gasteiger partial charge in [-0.1, -0.05) is 55.0 Å². The maximum Gasteiger partial charge on any atom is 0.334 e. The molecule has 0 aliphatic heterocycles. The van der Waals surface area contributed by atoms with Crippen LogP contribution in [0.3, 0.4) is 0 Å². The number of hydrogen-bond donors (Lipinski definition) is 1. The summed E-state index contributed by atoms with van der Waals surface area (Å²) in [6.07, 6.45) is 15.1. The molecule has 1 aromatic heterocycles. The van der Waals surface area contributed by atoms with E-state index in [1.54, 1.807) is 0 Å². The van der Waals surface area contributed by atoms with Crippen molar-refractivity contribution in [3.8, 4) is 0 Å². The van der Waals surface area contributed by atoms with Crippen molar-refractivity contribution in [2.45, 2.75) is 53.9 Å². The summed E-state index contributed by atoms with van der Waals surface area (Å²) in [6, 6.07) is 0. The van der Waals surface area contributed by atoms with Gasteiger partial charge in [-0.05, 0) is 62.7 Å². The maximum atomic E-state index is 12.2. The highest BCUT2D eigenvalue weighted by atomic mass is 16.5. The van der Waals surface area contributed by atoms with Crippen molar-refractivity contribution < 1.29 is 9.53 Å². The van der Waals surface area contributed by atoms with Crippen LogP contribution in [0.2, 0.25) is 0 Å². The monoisotopic (exact) mass is 381 g/mol. The predicted molar refractivity (Wildman–Crippen MR) is 113 cm³/mol. The minimum atomic E-state index is -0.210. The third kappa shape index (κ3) is 5.65. The molecule has 5 nitrogen and oxygen atoms in total. The van der Waals surface area contributed by atoms with Gasteiger partial charge in [0.05, 0.1) is 18.5 Å². The van der Waals surface area contributed by atoms with E-state index in [1.807, 2.05) is 32.1 Å². The lowest BCUT2D eigenvalue weighted by Crippen LogP contribution is -2.23. The van der Waals surface area contributed by atoms with Gasteiger partial charge in [0, 0.05) is 5.57 Å². The average Bonchev–Trinajstić information content (AvgIpc) is 3.03. The lowest BCUT2D eigenvalue weighted by atomic mass is 9.72. The zero-order valence-electron chi connectivity index (χ0n) is 17.8. The van der Waals surface area contributed by atoms with Crippen molar-refractivity contribution in [3.63, 3.8) is 0 Å². The Bertz CT molecular complexity index is 864. The first-order valence-corrected chi connectivity index (χ1v) is 9.65. The Morgan fingerprint density at radius 3 is 2.61 bits per heavy atom. The van der Waals surface area contributed by atoms with Crippen molar-refractivity contribution in [1.82, 2.24) is 15.4 Å². The van der Waals surface area contributed by atoms with E-state index >= 15 is 0 Å². The van der Waals surface area contributed by atoms with Crippen LogP contribution in [-0.2, 0) is 9.53 Å². The molecule has 1 aliphatic rings. The number of aryl methyl sites for hydroxylation is 1. The predicted octanol–water partition coefficient (Wildman–Crippen LogP) is 5.25. The van der Waals surface area contributed by atoms with E-state index in [-0.39, 0.29) is 11.4 Å². The molecule has 0 radical (unpaired) electrons. The molecule has 1 aliphatic carbocycles. The maximum absolute atomic E-state index is 12.2. The van der Waals surface area contributed by atoms with Crippen LogP contribution in [0, 0.1) is 12.3 Å². The Kier molecular flexibility index (Phi) is 7.32. The largest absolute Gasteiger partial charge is 0.466 e. The average molecular weight is 382 g/mol. The first kappa shape index (κ1) is 21.6. The van der Waals surface area contributed by atoms with Gasteiger partial charge in [-0.25, -0.2) is 4.79 Å². The van der Waals surface area contributed by atoms with Gasteiger partial charge < -0.3 is 4.74 Å². The van der Waals surface area contributed by atoms with Gasteiger partial charge in [0.1, 0.15) is 0 Å². The van der Waals surface area contributed by atoms with Crippen molar-refractivity contribution >= 4 is 12.0 Å². The number of H-pyrrole nitrogens is 1. The van der Waals surface area contributed by atoms with Crippen LogP contribution in [0.25, 0.3) is 6.08 Å². The molecule has 150 valence electrons. The SMILES string of the molecule is COC(=O)C1=C(/C=C/C(C)=C/C=C/C(C)=C/c2[nH]nnc2C)C(C)(C)CCC1. The van der Waals surface area contributed by atoms with E-state index in [0.717, 1.165) is 52.9 Å². The number of rotatable bonds is 6. The number of ether oxygens (including phenoxy) is 1. The van der Waals surface area contributed by atoms with Gasteiger partial charge in [-0.2, -0.15) is 0 Å². The Hall–Kier alpha value is -2.69. The molecule has 1 heterocycles. The van der Waals surface area contributed by atoms with E-state index in [4.69, 9.17) is 4.74 Å². The van der Waals surface area contributed by atoms with E-state index in [9.17, 15) is 4.79 Å². The van der Waals surface area contributed by atoms with Crippen LogP contribution in [0.15, 0.2) is 52.7 Å². The number of aromatic nitrogens is 3. The van der Waals surface area contributed by atoms with Crippen LogP contribution in [0.1, 0.15) is 58.3 Å². The summed E-state index contributed by atoms with van der Waals surface area (Å²) in [5, 5.41) is 10.6. The quantitative estimate of drug-likeness (QED) is 0.539. The first-order chi connectivity index (χ1) is 13.2. The third-order valence-corrected chi connectivity index (χ3v) is 5.08. The molecule has 0 atom stereocenters. The molecule has 5 heteroatoms. The number of methoxy groups -OCH3 is 1. The number of carbonyl (C=O) groups is 1. The molecule has 0 saturated heterocycles. The first-order valence-electron chi connectivity index (χ1n) is 9.65. The van der Waals surface area contributed by atoms with Crippen LogP contribution >= 0.6 is 0 Å². The molecule has 1 N–H and O–H groups in total. The molecule has 2 rings (SSSR count). The lowest BCUT2D eigenvalue weighted by molar-refractivity contribution is -0.136. The number of esters is 1. The fourth-order valence-electron chi connectivity index (χ4n) is 3.37. The number of carbonyl (C=O) groups excluding carboxylic acids is 1. The van der Waals surface area contributed by atoms with E-state index < -0.39 is 0 Å². The van der Waals surface area contributed by atoms with Crippen LogP contribution in [0.5, 0.6) is 0 Å². The summed E-state index contributed by atoms with van der Waals surface area (Å²) >= 11 is 0. The van der Waals surface area contributed by atoms with Gasteiger partial charge >= 0.3 is 5.97 Å². The minimum absolute atomic E-state index is 0.0241. The lowest BCUT2D eigenvalue weighted by Gasteiger charge is -2.32. The fourth-order valence-corrected chi connectivity index (χ4v) is 3.37. The Labute approximate surface area is 168 Å². The number of aromatic amines is 1. The molecular weight excluding hydrogens is 350 g/mol. The third-order valence-electron chi connectivity index (χ3n) is 5.08. The smallest absolute Gasteiger partial charge is 0.334 e. The molecule has 0 bridgehead atoms. The van der Waals surface area contributed by atoms with E-state index in [1.165, 1.54) is 7.11 Å². The zero-order valence-corrected chi connectivity index (χ0v) is 17.8.